The Bertz CT molecular complexity index is 759. The standard InChI is InChI=1S/C19H22Cl2N4/c20-16-4-3-13(8-17(16)21)11-25-7-5-18-15(12-25)10-23-19(24-18)14-2-1-6-22-9-14/h3-4,8,10,14,22H,1-2,5-7,9,11-12H2/t14-/m1/s1. The van der Waals surface area contributed by atoms with Crippen LogP contribution < -0.4 is 5.32 Å². The molecule has 2 aliphatic heterocycles. The average molecular weight is 377 g/mol. The maximum Gasteiger partial charge on any atom is 0.132 e. The van der Waals surface area contributed by atoms with E-state index in [1.54, 1.807) is 0 Å². The lowest BCUT2D eigenvalue weighted by Gasteiger charge is -2.29. The lowest BCUT2D eigenvalue weighted by Crippen LogP contribution is -2.32. The van der Waals surface area contributed by atoms with Crippen molar-refractivity contribution in [3.05, 3.63) is 57.1 Å². The summed E-state index contributed by atoms with van der Waals surface area (Å²) in [7, 11) is 0. The van der Waals surface area contributed by atoms with Crippen LogP contribution in [0.4, 0.5) is 0 Å². The Labute approximate surface area is 158 Å². The number of aromatic nitrogens is 2. The van der Waals surface area contributed by atoms with Crippen LogP contribution in [0.1, 0.15) is 41.4 Å². The Hall–Kier alpha value is -1.20. The molecule has 1 aromatic heterocycles. The molecule has 0 radical (unpaired) electrons. The SMILES string of the molecule is Clc1ccc(CN2CCc3nc([C@@H]4CCCNC4)ncc3C2)cc1Cl. The molecular weight excluding hydrogens is 355 g/mol. The topological polar surface area (TPSA) is 41.1 Å². The first-order valence-electron chi connectivity index (χ1n) is 8.91. The van der Waals surface area contributed by atoms with Crippen LogP contribution in [-0.2, 0) is 19.5 Å². The first-order chi connectivity index (χ1) is 12.2. The summed E-state index contributed by atoms with van der Waals surface area (Å²) in [5.41, 5.74) is 3.66. The summed E-state index contributed by atoms with van der Waals surface area (Å²) in [6, 6.07) is 5.86. The fraction of sp³-hybridized carbons (Fsp3) is 0.474. The summed E-state index contributed by atoms with van der Waals surface area (Å²) in [5, 5.41) is 4.67. The molecule has 0 saturated carbocycles. The molecule has 0 amide bonds. The number of hydrogen-bond donors (Lipinski definition) is 1. The highest BCUT2D eigenvalue weighted by atomic mass is 35.5. The normalized spacial score (nSPS) is 21.1. The highest BCUT2D eigenvalue weighted by Gasteiger charge is 2.22. The van der Waals surface area contributed by atoms with E-state index in [2.05, 4.69) is 15.2 Å². The van der Waals surface area contributed by atoms with Crippen molar-refractivity contribution < 1.29 is 0 Å². The van der Waals surface area contributed by atoms with Crippen LogP contribution in [0.3, 0.4) is 0 Å². The molecule has 6 heteroatoms. The smallest absolute Gasteiger partial charge is 0.132 e. The van der Waals surface area contributed by atoms with Gasteiger partial charge in [0.05, 0.1) is 10.0 Å². The minimum absolute atomic E-state index is 0.466. The second-order valence-electron chi connectivity index (χ2n) is 6.95. The highest BCUT2D eigenvalue weighted by molar-refractivity contribution is 6.42. The molecule has 1 atom stereocenters. The number of benzene rings is 1. The molecule has 0 aliphatic carbocycles. The van der Waals surface area contributed by atoms with E-state index >= 15 is 0 Å². The molecule has 25 heavy (non-hydrogen) atoms. The third kappa shape index (κ3) is 3.98. The van der Waals surface area contributed by atoms with Crippen molar-refractivity contribution in [3.8, 4) is 0 Å². The number of nitrogens with zero attached hydrogens (tertiary/aromatic N) is 3. The lowest BCUT2D eigenvalue weighted by molar-refractivity contribution is 0.242. The quantitative estimate of drug-likeness (QED) is 0.883. The maximum absolute atomic E-state index is 6.13. The van der Waals surface area contributed by atoms with Crippen molar-refractivity contribution >= 4 is 23.2 Å². The van der Waals surface area contributed by atoms with Gasteiger partial charge in [-0.1, -0.05) is 29.3 Å². The summed E-state index contributed by atoms with van der Waals surface area (Å²) in [5.74, 6) is 1.48. The number of rotatable bonds is 3. The Morgan fingerprint density at radius 2 is 2.16 bits per heavy atom. The first-order valence-corrected chi connectivity index (χ1v) is 9.66. The zero-order valence-corrected chi connectivity index (χ0v) is 15.7. The number of nitrogens with one attached hydrogen (secondary N) is 1. The van der Waals surface area contributed by atoms with E-state index in [1.807, 2.05) is 24.4 Å². The predicted molar refractivity (Wildman–Crippen MR) is 101 cm³/mol. The van der Waals surface area contributed by atoms with Gasteiger partial charge in [-0.15, -0.1) is 0 Å². The van der Waals surface area contributed by atoms with Crippen molar-refractivity contribution in [2.24, 2.45) is 0 Å². The second-order valence-corrected chi connectivity index (χ2v) is 7.77. The fourth-order valence-corrected chi connectivity index (χ4v) is 4.01. The minimum atomic E-state index is 0.466. The van der Waals surface area contributed by atoms with E-state index in [-0.39, 0.29) is 0 Å². The molecular formula is C19H22Cl2N4. The molecule has 2 aromatic rings. The van der Waals surface area contributed by atoms with Crippen LogP contribution in [0.25, 0.3) is 0 Å². The number of hydrogen-bond acceptors (Lipinski definition) is 4. The van der Waals surface area contributed by atoms with Gasteiger partial charge in [-0.3, -0.25) is 4.90 Å². The summed E-state index contributed by atoms with van der Waals surface area (Å²) < 4.78 is 0. The molecule has 4 rings (SSSR count). The number of fused-ring (bicyclic) bond motifs is 1. The molecule has 1 aromatic carbocycles. The van der Waals surface area contributed by atoms with Crippen LogP contribution in [0, 0.1) is 0 Å². The molecule has 1 saturated heterocycles. The third-order valence-corrected chi connectivity index (χ3v) is 5.82. The monoisotopic (exact) mass is 376 g/mol. The fourth-order valence-electron chi connectivity index (χ4n) is 3.69. The van der Waals surface area contributed by atoms with Crippen LogP contribution in [0.2, 0.25) is 10.0 Å². The van der Waals surface area contributed by atoms with Gasteiger partial charge in [0.1, 0.15) is 5.82 Å². The van der Waals surface area contributed by atoms with Crippen molar-refractivity contribution in [2.75, 3.05) is 19.6 Å². The molecule has 0 unspecified atom stereocenters. The van der Waals surface area contributed by atoms with E-state index in [9.17, 15) is 0 Å². The summed E-state index contributed by atoms with van der Waals surface area (Å²) in [6.45, 7) is 4.88. The van der Waals surface area contributed by atoms with Crippen molar-refractivity contribution in [1.29, 1.82) is 0 Å². The van der Waals surface area contributed by atoms with Crippen molar-refractivity contribution in [3.63, 3.8) is 0 Å². The number of piperidine rings is 1. The Morgan fingerprint density at radius 3 is 2.96 bits per heavy atom. The molecule has 132 valence electrons. The highest BCUT2D eigenvalue weighted by Crippen LogP contribution is 2.26. The largest absolute Gasteiger partial charge is 0.316 e. The van der Waals surface area contributed by atoms with Crippen LogP contribution in [-0.4, -0.2) is 34.5 Å². The van der Waals surface area contributed by atoms with Crippen LogP contribution in [0.5, 0.6) is 0 Å². The van der Waals surface area contributed by atoms with Gasteiger partial charge >= 0.3 is 0 Å². The van der Waals surface area contributed by atoms with Crippen LogP contribution >= 0.6 is 23.2 Å². The second kappa shape index (κ2) is 7.58. The molecule has 4 nitrogen and oxygen atoms in total. The van der Waals surface area contributed by atoms with Crippen LogP contribution in [0.15, 0.2) is 24.4 Å². The zero-order chi connectivity index (χ0) is 17.2. The van der Waals surface area contributed by atoms with Gasteiger partial charge in [0.25, 0.3) is 0 Å². The molecule has 0 spiro atoms. The van der Waals surface area contributed by atoms with E-state index in [4.69, 9.17) is 28.2 Å². The third-order valence-electron chi connectivity index (χ3n) is 5.08. The van der Waals surface area contributed by atoms with E-state index in [0.717, 1.165) is 45.0 Å². The summed E-state index contributed by atoms with van der Waals surface area (Å²) in [6.07, 6.45) is 5.41. The first kappa shape index (κ1) is 17.2. The van der Waals surface area contributed by atoms with Gasteiger partial charge in [0.2, 0.25) is 0 Å². The van der Waals surface area contributed by atoms with Gasteiger partial charge in [-0.25, -0.2) is 9.97 Å². The summed E-state index contributed by atoms with van der Waals surface area (Å²) >= 11 is 12.1. The van der Waals surface area contributed by atoms with Crippen molar-refractivity contribution in [1.82, 2.24) is 20.2 Å². The van der Waals surface area contributed by atoms with Gasteiger partial charge in [-0.05, 0) is 37.1 Å². The molecule has 1 fully saturated rings. The molecule has 3 heterocycles. The summed E-state index contributed by atoms with van der Waals surface area (Å²) in [4.78, 5) is 12.0. The predicted octanol–water partition coefficient (Wildman–Crippen LogP) is 3.81. The van der Waals surface area contributed by atoms with Gasteiger partial charge in [0.15, 0.2) is 0 Å². The number of halogens is 2. The lowest BCUT2D eigenvalue weighted by atomic mass is 9.98. The van der Waals surface area contributed by atoms with Crippen molar-refractivity contribution in [2.45, 2.75) is 38.3 Å². The van der Waals surface area contributed by atoms with Gasteiger partial charge in [-0.2, -0.15) is 0 Å². The van der Waals surface area contributed by atoms with Gasteiger partial charge < -0.3 is 5.32 Å². The van der Waals surface area contributed by atoms with E-state index < -0.39 is 0 Å². The maximum atomic E-state index is 6.13. The Morgan fingerprint density at radius 1 is 1.24 bits per heavy atom. The zero-order valence-electron chi connectivity index (χ0n) is 14.1. The molecule has 0 bridgehead atoms. The Kier molecular flexibility index (Phi) is 5.23. The Balaban J connectivity index is 1.45. The van der Waals surface area contributed by atoms with E-state index in [0.29, 0.717) is 16.0 Å². The molecule has 1 N–H and O–H groups in total. The minimum Gasteiger partial charge on any atom is -0.316 e. The molecule has 2 aliphatic rings. The van der Waals surface area contributed by atoms with Gasteiger partial charge in [0, 0.05) is 56.0 Å². The average Bonchev–Trinajstić information content (AvgIpc) is 2.65. The van der Waals surface area contributed by atoms with E-state index in [1.165, 1.54) is 29.7 Å².